The maximum absolute atomic E-state index is 9.97. The Balaban J connectivity index is 0.00000288. The number of hydrogen-bond donors (Lipinski definition) is 3. The average Bonchev–Trinajstić information content (AvgIpc) is 3.07. The number of aliphatic imine (C=N–C) groups is 1. The van der Waals surface area contributed by atoms with E-state index in [1.807, 2.05) is 25.1 Å². The Morgan fingerprint density at radius 1 is 1.29 bits per heavy atom. The quantitative estimate of drug-likeness (QED) is 0.336. The Hall–Kier alpha value is -1.48. The summed E-state index contributed by atoms with van der Waals surface area (Å²) >= 11 is 1.70. The van der Waals surface area contributed by atoms with Crippen molar-refractivity contribution < 1.29 is 9.84 Å². The Morgan fingerprint density at radius 3 is 2.75 bits per heavy atom. The number of aromatic hydroxyl groups is 1. The molecular weight excluding hydrogens is 437 g/mol. The minimum Gasteiger partial charge on any atom is -0.508 e. The van der Waals surface area contributed by atoms with Crippen LogP contribution in [0.3, 0.4) is 0 Å². The maximum atomic E-state index is 9.97. The van der Waals surface area contributed by atoms with Crippen molar-refractivity contribution in [2.75, 3.05) is 20.2 Å². The van der Waals surface area contributed by atoms with Crippen LogP contribution < -0.4 is 15.4 Å². The summed E-state index contributed by atoms with van der Waals surface area (Å²) < 4.78 is 5.09. The SMILES string of the molecule is CCNC(=NCc1cccs1)NCCc1ccc(OC)cc1O.I. The van der Waals surface area contributed by atoms with Gasteiger partial charge >= 0.3 is 0 Å². The van der Waals surface area contributed by atoms with Crippen molar-refractivity contribution in [3.8, 4) is 11.5 Å². The Bertz CT molecular complexity index is 633. The number of guanidine groups is 1. The third-order valence-corrected chi connectivity index (χ3v) is 4.16. The summed E-state index contributed by atoms with van der Waals surface area (Å²) in [5.41, 5.74) is 0.882. The molecule has 0 radical (unpaired) electrons. The second kappa shape index (κ2) is 11.1. The van der Waals surface area contributed by atoms with Crippen LogP contribution in [0.25, 0.3) is 0 Å². The molecule has 0 aliphatic rings. The molecule has 132 valence electrons. The lowest BCUT2D eigenvalue weighted by molar-refractivity contribution is 0.406. The van der Waals surface area contributed by atoms with Crippen LogP contribution in [-0.4, -0.2) is 31.3 Å². The van der Waals surface area contributed by atoms with E-state index in [9.17, 15) is 5.11 Å². The van der Waals surface area contributed by atoms with Gasteiger partial charge in [-0.15, -0.1) is 35.3 Å². The highest BCUT2D eigenvalue weighted by Gasteiger charge is 2.04. The molecule has 0 spiro atoms. The molecule has 3 N–H and O–H groups in total. The zero-order valence-corrected chi connectivity index (χ0v) is 17.1. The van der Waals surface area contributed by atoms with E-state index in [-0.39, 0.29) is 29.7 Å². The van der Waals surface area contributed by atoms with Gasteiger partial charge in [0.25, 0.3) is 0 Å². The standard InChI is InChI=1S/C17H23N3O2S.HI/c1-3-18-17(20-12-15-5-4-10-23-15)19-9-8-13-6-7-14(22-2)11-16(13)21;/h4-7,10-11,21H,3,8-9,12H2,1-2H3,(H2,18,19,20);1H. The van der Waals surface area contributed by atoms with Crippen molar-refractivity contribution >= 4 is 41.3 Å². The summed E-state index contributed by atoms with van der Waals surface area (Å²) in [6.45, 7) is 4.21. The van der Waals surface area contributed by atoms with E-state index in [1.54, 1.807) is 24.5 Å². The van der Waals surface area contributed by atoms with Gasteiger partial charge < -0.3 is 20.5 Å². The molecular formula is C17H24IN3O2S. The average molecular weight is 461 g/mol. The molecule has 0 fully saturated rings. The molecule has 5 nitrogen and oxygen atoms in total. The number of halogens is 1. The molecule has 2 rings (SSSR count). The summed E-state index contributed by atoms with van der Waals surface area (Å²) in [5.74, 6) is 1.70. The molecule has 0 aliphatic heterocycles. The minimum atomic E-state index is 0. The lowest BCUT2D eigenvalue weighted by atomic mass is 10.1. The fraction of sp³-hybridized carbons (Fsp3) is 0.353. The van der Waals surface area contributed by atoms with Crippen molar-refractivity contribution in [2.24, 2.45) is 4.99 Å². The van der Waals surface area contributed by atoms with Crippen molar-refractivity contribution in [2.45, 2.75) is 19.9 Å². The molecule has 1 aromatic carbocycles. The first-order chi connectivity index (χ1) is 11.2. The number of benzene rings is 1. The molecule has 0 amide bonds. The van der Waals surface area contributed by atoms with Gasteiger partial charge in [-0.1, -0.05) is 12.1 Å². The maximum Gasteiger partial charge on any atom is 0.191 e. The third-order valence-electron chi connectivity index (χ3n) is 3.30. The van der Waals surface area contributed by atoms with E-state index in [4.69, 9.17) is 4.74 Å². The predicted molar refractivity (Wildman–Crippen MR) is 111 cm³/mol. The molecule has 2 aromatic rings. The number of phenolic OH excluding ortho intramolecular Hbond substituents is 1. The van der Waals surface area contributed by atoms with E-state index in [0.29, 0.717) is 25.3 Å². The number of hydrogen-bond acceptors (Lipinski definition) is 4. The van der Waals surface area contributed by atoms with Crippen LogP contribution in [0.2, 0.25) is 0 Å². The minimum absolute atomic E-state index is 0. The highest BCUT2D eigenvalue weighted by Crippen LogP contribution is 2.23. The number of ether oxygens (including phenoxy) is 1. The fourth-order valence-corrected chi connectivity index (χ4v) is 2.73. The van der Waals surface area contributed by atoms with Gasteiger partial charge in [-0.25, -0.2) is 4.99 Å². The molecule has 0 saturated carbocycles. The second-order valence-corrected chi connectivity index (χ2v) is 5.98. The zero-order valence-electron chi connectivity index (χ0n) is 13.9. The topological polar surface area (TPSA) is 65.9 Å². The van der Waals surface area contributed by atoms with Crippen LogP contribution in [0, 0.1) is 0 Å². The van der Waals surface area contributed by atoms with E-state index in [1.165, 1.54) is 4.88 Å². The number of methoxy groups -OCH3 is 1. The summed E-state index contributed by atoms with van der Waals surface area (Å²) in [7, 11) is 1.59. The van der Waals surface area contributed by atoms with Crippen LogP contribution in [-0.2, 0) is 13.0 Å². The van der Waals surface area contributed by atoms with Gasteiger partial charge in [0.1, 0.15) is 11.5 Å². The Kier molecular flexibility index (Phi) is 9.55. The third kappa shape index (κ3) is 6.56. The molecule has 1 aromatic heterocycles. The van der Waals surface area contributed by atoms with E-state index >= 15 is 0 Å². The van der Waals surface area contributed by atoms with Crippen molar-refractivity contribution in [1.29, 1.82) is 0 Å². The van der Waals surface area contributed by atoms with Gasteiger partial charge in [0.15, 0.2) is 5.96 Å². The number of nitrogens with zero attached hydrogens (tertiary/aromatic N) is 1. The van der Waals surface area contributed by atoms with Gasteiger partial charge in [0, 0.05) is 24.0 Å². The first-order valence-electron chi connectivity index (χ1n) is 7.63. The lowest BCUT2D eigenvalue weighted by Gasteiger charge is -2.12. The summed E-state index contributed by atoms with van der Waals surface area (Å²) in [6, 6.07) is 9.47. The van der Waals surface area contributed by atoms with E-state index in [0.717, 1.165) is 18.1 Å². The van der Waals surface area contributed by atoms with Crippen molar-refractivity contribution in [3.05, 3.63) is 46.2 Å². The van der Waals surface area contributed by atoms with Gasteiger partial charge in [0.2, 0.25) is 0 Å². The highest BCUT2D eigenvalue weighted by atomic mass is 127. The Labute approximate surface area is 164 Å². The predicted octanol–water partition coefficient (Wildman–Crippen LogP) is 3.38. The van der Waals surface area contributed by atoms with Gasteiger partial charge in [-0.2, -0.15) is 0 Å². The van der Waals surface area contributed by atoms with Gasteiger partial charge in [0.05, 0.1) is 13.7 Å². The van der Waals surface area contributed by atoms with Crippen LogP contribution in [0.5, 0.6) is 11.5 Å². The Morgan fingerprint density at radius 2 is 2.12 bits per heavy atom. The van der Waals surface area contributed by atoms with Crippen molar-refractivity contribution in [3.63, 3.8) is 0 Å². The van der Waals surface area contributed by atoms with Crippen LogP contribution in [0.15, 0.2) is 40.7 Å². The largest absolute Gasteiger partial charge is 0.508 e. The summed E-state index contributed by atoms with van der Waals surface area (Å²) in [4.78, 5) is 5.79. The first-order valence-corrected chi connectivity index (χ1v) is 8.51. The zero-order chi connectivity index (χ0) is 16.5. The van der Waals surface area contributed by atoms with E-state index < -0.39 is 0 Å². The van der Waals surface area contributed by atoms with Crippen LogP contribution >= 0.6 is 35.3 Å². The normalized spacial score (nSPS) is 10.8. The lowest BCUT2D eigenvalue weighted by Crippen LogP contribution is -2.38. The number of nitrogens with one attached hydrogen (secondary N) is 2. The van der Waals surface area contributed by atoms with Crippen LogP contribution in [0.4, 0.5) is 0 Å². The molecule has 0 aliphatic carbocycles. The van der Waals surface area contributed by atoms with Gasteiger partial charge in [-0.05, 0) is 36.4 Å². The smallest absolute Gasteiger partial charge is 0.191 e. The molecule has 0 atom stereocenters. The molecule has 0 unspecified atom stereocenters. The van der Waals surface area contributed by atoms with Crippen LogP contribution in [0.1, 0.15) is 17.4 Å². The summed E-state index contributed by atoms with van der Waals surface area (Å²) in [6.07, 6.45) is 0.708. The van der Waals surface area contributed by atoms with E-state index in [2.05, 4.69) is 27.1 Å². The number of rotatable bonds is 7. The summed E-state index contributed by atoms with van der Waals surface area (Å²) in [5, 5.41) is 18.5. The van der Waals surface area contributed by atoms with Gasteiger partial charge in [-0.3, -0.25) is 0 Å². The monoisotopic (exact) mass is 461 g/mol. The highest BCUT2D eigenvalue weighted by molar-refractivity contribution is 14.0. The number of phenols is 1. The van der Waals surface area contributed by atoms with Crippen molar-refractivity contribution in [1.82, 2.24) is 10.6 Å². The molecule has 1 heterocycles. The second-order valence-electron chi connectivity index (χ2n) is 4.95. The first kappa shape index (κ1) is 20.6. The molecule has 24 heavy (non-hydrogen) atoms. The fourth-order valence-electron chi connectivity index (χ4n) is 2.10. The molecule has 0 saturated heterocycles. The molecule has 7 heteroatoms. The number of thiophene rings is 1. The molecule has 0 bridgehead atoms.